The van der Waals surface area contributed by atoms with E-state index in [2.05, 4.69) is 5.32 Å². The van der Waals surface area contributed by atoms with Gasteiger partial charge in [0, 0.05) is 25.7 Å². The van der Waals surface area contributed by atoms with Crippen LogP contribution >= 0.6 is 0 Å². The summed E-state index contributed by atoms with van der Waals surface area (Å²) in [5.74, 6) is -0.521. The smallest absolute Gasteiger partial charge is 0.308 e. The van der Waals surface area contributed by atoms with Gasteiger partial charge in [-0.05, 0) is 53.9 Å². The molecule has 1 aliphatic rings. The largest absolute Gasteiger partial charge is 0.459 e. The number of para-hydroxylation sites is 1. The molecule has 0 unspecified atom stereocenters. The quantitative estimate of drug-likeness (QED) is 0.530. The Kier molecular flexibility index (Phi) is 5.34. The number of amides is 2. The Hall–Kier alpha value is -3.87. The lowest BCUT2D eigenvalue weighted by Gasteiger charge is -2.28. The molecule has 7 nitrogen and oxygen atoms in total. The first-order valence-electron chi connectivity index (χ1n) is 9.54. The van der Waals surface area contributed by atoms with Gasteiger partial charge in [-0.15, -0.1) is 0 Å². The minimum Gasteiger partial charge on any atom is -0.459 e. The number of nitrogens with one attached hydrogen (secondary N) is 1. The summed E-state index contributed by atoms with van der Waals surface area (Å²) >= 11 is 0. The van der Waals surface area contributed by atoms with E-state index < -0.39 is 5.97 Å². The maximum absolute atomic E-state index is 12.7. The first kappa shape index (κ1) is 19.4. The lowest BCUT2D eigenvalue weighted by molar-refractivity contribution is -0.131. The van der Waals surface area contributed by atoms with E-state index in [4.69, 9.17) is 9.15 Å². The first-order chi connectivity index (χ1) is 14.5. The van der Waals surface area contributed by atoms with Crippen LogP contribution in [0.2, 0.25) is 0 Å². The maximum Gasteiger partial charge on any atom is 0.308 e. The summed E-state index contributed by atoms with van der Waals surface area (Å²) in [6.45, 7) is 2.32. The molecular weight excluding hydrogens is 384 g/mol. The van der Waals surface area contributed by atoms with Gasteiger partial charge < -0.3 is 19.4 Å². The van der Waals surface area contributed by atoms with Crippen molar-refractivity contribution < 1.29 is 23.5 Å². The molecule has 3 aromatic rings. The number of nitrogens with zero attached hydrogens (tertiary/aromatic N) is 1. The van der Waals surface area contributed by atoms with Gasteiger partial charge in [0.25, 0.3) is 11.8 Å². The summed E-state index contributed by atoms with van der Waals surface area (Å²) < 4.78 is 10.3. The van der Waals surface area contributed by atoms with E-state index in [9.17, 15) is 14.4 Å². The number of carbonyl (C=O) groups excluding carboxylic acids is 3. The highest BCUT2D eigenvalue weighted by atomic mass is 16.5. The average molecular weight is 404 g/mol. The molecule has 2 amide bonds. The lowest BCUT2D eigenvalue weighted by Crippen LogP contribution is -2.35. The summed E-state index contributed by atoms with van der Waals surface area (Å²) in [7, 11) is 0. The molecule has 1 aliphatic heterocycles. The van der Waals surface area contributed by atoms with Crippen LogP contribution in [0.4, 0.5) is 5.69 Å². The molecule has 0 saturated heterocycles. The second-order valence-electron chi connectivity index (χ2n) is 6.98. The molecular formula is C23H20N2O5. The molecule has 0 radical (unpaired) electrons. The van der Waals surface area contributed by atoms with Gasteiger partial charge in [-0.3, -0.25) is 14.4 Å². The number of furan rings is 1. The van der Waals surface area contributed by atoms with Crippen molar-refractivity contribution in [3.05, 3.63) is 83.3 Å². The van der Waals surface area contributed by atoms with Crippen molar-refractivity contribution in [2.24, 2.45) is 0 Å². The number of carbonyl (C=O) groups is 3. The zero-order valence-corrected chi connectivity index (χ0v) is 16.4. The Morgan fingerprint density at radius 1 is 1.03 bits per heavy atom. The number of fused-ring (bicyclic) bond motifs is 1. The van der Waals surface area contributed by atoms with Gasteiger partial charge in [-0.25, -0.2) is 0 Å². The van der Waals surface area contributed by atoms with Crippen LogP contribution in [-0.4, -0.2) is 29.2 Å². The standard InChI is InChI=1S/C23H20N2O5/c1-15(26)30-20-6-3-2-5-19(20)22(27)24-18-9-8-16-10-11-25(14-17(16)13-18)23(28)21-7-4-12-29-21/h2-9,12-13H,10-11,14H2,1H3,(H,24,27). The molecule has 152 valence electrons. The topological polar surface area (TPSA) is 88.9 Å². The van der Waals surface area contributed by atoms with E-state index in [-0.39, 0.29) is 23.1 Å². The minimum atomic E-state index is -0.495. The number of hydrogen-bond donors (Lipinski definition) is 1. The van der Waals surface area contributed by atoms with Gasteiger partial charge in [0.15, 0.2) is 5.76 Å². The predicted molar refractivity (Wildman–Crippen MR) is 109 cm³/mol. The number of hydrogen-bond acceptors (Lipinski definition) is 5. The first-order valence-corrected chi connectivity index (χ1v) is 9.54. The molecule has 0 saturated carbocycles. The van der Waals surface area contributed by atoms with Crippen LogP contribution in [0.1, 0.15) is 39.0 Å². The number of benzene rings is 2. The summed E-state index contributed by atoms with van der Waals surface area (Å²) in [6.07, 6.45) is 2.21. The number of anilines is 1. The monoisotopic (exact) mass is 404 g/mol. The SMILES string of the molecule is CC(=O)Oc1ccccc1C(=O)Nc1ccc2c(c1)CN(C(=O)c1ccco1)CC2. The molecule has 4 rings (SSSR count). The second-order valence-corrected chi connectivity index (χ2v) is 6.98. The van der Waals surface area contributed by atoms with Crippen LogP contribution in [0.5, 0.6) is 5.75 Å². The van der Waals surface area contributed by atoms with E-state index in [0.717, 1.165) is 17.5 Å². The Morgan fingerprint density at radius 2 is 1.87 bits per heavy atom. The van der Waals surface area contributed by atoms with Crippen molar-refractivity contribution in [2.75, 3.05) is 11.9 Å². The number of esters is 1. The molecule has 2 heterocycles. The van der Waals surface area contributed by atoms with Crippen LogP contribution in [0.15, 0.2) is 65.3 Å². The fourth-order valence-electron chi connectivity index (χ4n) is 3.46. The van der Waals surface area contributed by atoms with Crippen molar-refractivity contribution in [2.45, 2.75) is 19.9 Å². The summed E-state index contributed by atoms with van der Waals surface area (Å²) in [4.78, 5) is 38.3. The second kappa shape index (κ2) is 8.24. The predicted octanol–water partition coefficient (Wildman–Crippen LogP) is 3.66. The van der Waals surface area contributed by atoms with Crippen LogP contribution in [0, 0.1) is 0 Å². The van der Waals surface area contributed by atoms with Gasteiger partial charge in [-0.2, -0.15) is 0 Å². The third-order valence-corrected chi connectivity index (χ3v) is 4.88. The molecule has 0 fully saturated rings. The van der Waals surface area contributed by atoms with Crippen LogP contribution < -0.4 is 10.1 Å². The molecule has 0 spiro atoms. The number of ether oxygens (including phenoxy) is 1. The average Bonchev–Trinajstić information content (AvgIpc) is 3.27. The Morgan fingerprint density at radius 3 is 2.63 bits per heavy atom. The zero-order chi connectivity index (χ0) is 21.1. The van der Waals surface area contributed by atoms with Crippen molar-refractivity contribution in [3.63, 3.8) is 0 Å². The third kappa shape index (κ3) is 4.10. The van der Waals surface area contributed by atoms with Crippen molar-refractivity contribution in [3.8, 4) is 5.75 Å². The molecule has 1 aromatic heterocycles. The van der Waals surface area contributed by atoms with Crippen molar-refractivity contribution in [1.82, 2.24) is 4.90 Å². The highest BCUT2D eigenvalue weighted by Crippen LogP contribution is 2.25. The van der Waals surface area contributed by atoms with Crippen molar-refractivity contribution in [1.29, 1.82) is 0 Å². The van der Waals surface area contributed by atoms with Gasteiger partial charge in [0.05, 0.1) is 11.8 Å². The highest BCUT2D eigenvalue weighted by Gasteiger charge is 2.24. The fourth-order valence-corrected chi connectivity index (χ4v) is 3.46. The molecule has 1 N–H and O–H groups in total. The van der Waals surface area contributed by atoms with E-state index >= 15 is 0 Å². The molecule has 7 heteroatoms. The fraction of sp³-hybridized carbons (Fsp3) is 0.174. The minimum absolute atomic E-state index is 0.157. The van der Waals surface area contributed by atoms with Gasteiger partial charge >= 0.3 is 5.97 Å². The summed E-state index contributed by atoms with van der Waals surface area (Å²) in [5, 5.41) is 2.84. The van der Waals surface area contributed by atoms with Crippen LogP contribution in [0.25, 0.3) is 0 Å². The normalized spacial score (nSPS) is 12.8. The van der Waals surface area contributed by atoms with Gasteiger partial charge in [0.1, 0.15) is 5.75 Å². The van der Waals surface area contributed by atoms with Crippen LogP contribution in [-0.2, 0) is 17.8 Å². The molecule has 0 aliphatic carbocycles. The molecule has 0 bridgehead atoms. The molecule has 30 heavy (non-hydrogen) atoms. The van der Waals surface area contributed by atoms with E-state index in [0.29, 0.717) is 24.5 Å². The van der Waals surface area contributed by atoms with E-state index in [1.807, 2.05) is 18.2 Å². The summed E-state index contributed by atoms with van der Waals surface area (Å²) in [5.41, 5.74) is 2.97. The lowest BCUT2D eigenvalue weighted by atomic mass is 9.98. The van der Waals surface area contributed by atoms with E-state index in [1.54, 1.807) is 41.3 Å². The van der Waals surface area contributed by atoms with Gasteiger partial charge in [-0.1, -0.05) is 18.2 Å². The Bertz CT molecular complexity index is 1100. The highest BCUT2D eigenvalue weighted by molar-refractivity contribution is 6.06. The Labute approximate surface area is 173 Å². The Balaban J connectivity index is 1.51. The third-order valence-electron chi connectivity index (χ3n) is 4.88. The molecule has 2 aromatic carbocycles. The van der Waals surface area contributed by atoms with Crippen LogP contribution in [0.3, 0.4) is 0 Å². The summed E-state index contributed by atoms with van der Waals surface area (Å²) in [6, 6.07) is 15.5. The molecule has 0 atom stereocenters. The zero-order valence-electron chi connectivity index (χ0n) is 16.4. The number of rotatable bonds is 4. The van der Waals surface area contributed by atoms with Crippen molar-refractivity contribution >= 4 is 23.5 Å². The van der Waals surface area contributed by atoms with E-state index in [1.165, 1.54) is 13.2 Å². The maximum atomic E-state index is 12.7. The van der Waals surface area contributed by atoms with Gasteiger partial charge in [0.2, 0.25) is 0 Å².